The topological polar surface area (TPSA) is 24.5 Å². The van der Waals surface area contributed by atoms with Crippen molar-refractivity contribution in [2.75, 3.05) is 26.2 Å². The lowest BCUT2D eigenvalue weighted by Gasteiger charge is -2.31. The average molecular weight is 274 g/mol. The van der Waals surface area contributed by atoms with Crippen LogP contribution in [0.4, 0.5) is 0 Å². The predicted molar refractivity (Wildman–Crippen MR) is 84.1 cm³/mol. The highest BCUT2D eigenvalue weighted by atomic mass is 16.5. The molecule has 1 fully saturated rings. The van der Waals surface area contributed by atoms with E-state index in [-0.39, 0.29) is 0 Å². The van der Waals surface area contributed by atoms with Gasteiger partial charge >= 0.3 is 0 Å². The molecule has 0 unspecified atom stereocenters. The summed E-state index contributed by atoms with van der Waals surface area (Å²) in [7, 11) is 0. The Morgan fingerprint density at radius 3 is 2.60 bits per heavy atom. The Balaban J connectivity index is 1.72. The van der Waals surface area contributed by atoms with Crippen LogP contribution in [0.15, 0.2) is 36.9 Å². The molecule has 3 nitrogen and oxygen atoms in total. The molecule has 3 heteroatoms. The lowest BCUT2D eigenvalue weighted by atomic mass is 10.0. The van der Waals surface area contributed by atoms with Crippen LogP contribution in [0, 0.1) is 0 Å². The SMILES string of the molecule is C=CCOc1ccc(CNC2CCN(CC)CC2)cc1. The van der Waals surface area contributed by atoms with Gasteiger partial charge in [-0.3, -0.25) is 0 Å². The van der Waals surface area contributed by atoms with Gasteiger partial charge in [-0.15, -0.1) is 0 Å². The Labute approximate surface area is 122 Å². The molecule has 1 heterocycles. The van der Waals surface area contributed by atoms with Gasteiger partial charge in [-0.1, -0.05) is 31.7 Å². The smallest absolute Gasteiger partial charge is 0.119 e. The summed E-state index contributed by atoms with van der Waals surface area (Å²) in [6.45, 7) is 11.0. The van der Waals surface area contributed by atoms with Gasteiger partial charge in [0.25, 0.3) is 0 Å². The summed E-state index contributed by atoms with van der Waals surface area (Å²) in [5.74, 6) is 0.907. The standard InChI is InChI=1S/C17H26N2O/c1-3-13-20-17-7-5-15(6-8-17)14-18-16-9-11-19(4-2)12-10-16/h3,5-8,16,18H,1,4,9-14H2,2H3. The van der Waals surface area contributed by atoms with Crippen molar-refractivity contribution < 1.29 is 4.74 Å². The van der Waals surface area contributed by atoms with E-state index in [2.05, 4.69) is 35.9 Å². The largest absolute Gasteiger partial charge is 0.490 e. The second-order valence-corrected chi connectivity index (χ2v) is 5.33. The quantitative estimate of drug-likeness (QED) is 0.774. The third-order valence-corrected chi connectivity index (χ3v) is 3.92. The van der Waals surface area contributed by atoms with Crippen LogP contribution in [0.2, 0.25) is 0 Å². The number of hydrogen-bond donors (Lipinski definition) is 1. The lowest BCUT2D eigenvalue weighted by Crippen LogP contribution is -2.42. The summed E-state index contributed by atoms with van der Waals surface area (Å²) in [5.41, 5.74) is 1.31. The highest BCUT2D eigenvalue weighted by Gasteiger charge is 2.17. The Hall–Kier alpha value is -1.32. The van der Waals surface area contributed by atoms with E-state index in [4.69, 9.17) is 4.74 Å². The molecule has 2 rings (SSSR count). The van der Waals surface area contributed by atoms with E-state index in [0.29, 0.717) is 12.6 Å². The molecule has 1 aromatic rings. The van der Waals surface area contributed by atoms with Gasteiger partial charge in [0, 0.05) is 12.6 Å². The number of benzene rings is 1. The molecule has 1 aromatic carbocycles. The highest BCUT2D eigenvalue weighted by Crippen LogP contribution is 2.14. The van der Waals surface area contributed by atoms with Crippen molar-refractivity contribution in [3.63, 3.8) is 0 Å². The lowest BCUT2D eigenvalue weighted by molar-refractivity contribution is 0.206. The third kappa shape index (κ3) is 4.66. The van der Waals surface area contributed by atoms with Gasteiger partial charge in [0.15, 0.2) is 0 Å². The molecular weight excluding hydrogens is 248 g/mol. The molecule has 0 saturated carbocycles. The van der Waals surface area contributed by atoms with Crippen LogP contribution in [0.3, 0.4) is 0 Å². The minimum absolute atomic E-state index is 0.563. The molecule has 0 amide bonds. The van der Waals surface area contributed by atoms with Gasteiger partial charge in [0.05, 0.1) is 0 Å². The molecule has 1 N–H and O–H groups in total. The van der Waals surface area contributed by atoms with Crippen molar-refractivity contribution in [1.82, 2.24) is 10.2 Å². The zero-order valence-electron chi connectivity index (χ0n) is 12.5. The first kappa shape index (κ1) is 15.1. The first-order chi connectivity index (χ1) is 9.81. The summed E-state index contributed by atoms with van der Waals surface area (Å²) in [5, 5.41) is 3.66. The maximum atomic E-state index is 5.48. The molecule has 1 aliphatic heterocycles. The Morgan fingerprint density at radius 2 is 2.00 bits per heavy atom. The fourth-order valence-electron chi connectivity index (χ4n) is 2.57. The number of likely N-dealkylation sites (tertiary alicyclic amines) is 1. The fourth-order valence-corrected chi connectivity index (χ4v) is 2.57. The van der Waals surface area contributed by atoms with Crippen LogP contribution in [0.25, 0.3) is 0 Å². The number of ether oxygens (including phenoxy) is 1. The zero-order valence-corrected chi connectivity index (χ0v) is 12.5. The van der Waals surface area contributed by atoms with Crippen LogP contribution in [-0.4, -0.2) is 37.2 Å². The van der Waals surface area contributed by atoms with Crippen molar-refractivity contribution in [3.05, 3.63) is 42.5 Å². The van der Waals surface area contributed by atoms with E-state index in [1.54, 1.807) is 6.08 Å². The van der Waals surface area contributed by atoms with Crippen molar-refractivity contribution in [1.29, 1.82) is 0 Å². The Kier molecular flexibility index (Phi) is 6.09. The summed E-state index contributed by atoms with van der Waals surface area (Å²) < 4.78 is 5.48. The summed E-state index contributed by atoms with van der Waals surface area (Å²) in [6, 6.07) is 8.98. The molecule has 20 heavy (non-hydrogen) atoms. The number of hydrogen-bond acceptors (Lipinski definition) is 3. The fraction of sp³-hybridized carbons (Fsp3) is 0.529. The van der Waals surface area contributed by atoms with Crippen molar-refractivity contribution in [3.8, 4) is 5.75 Å². The molecule has 0 bridgehead atoms. The van der Waals surface area contributed by atoms with Crippen LogP contribution in [-0.2, 0) is 6.54 Å². The van der Waals surface area contributed by atoms with Crippen LogP contribution in [0.1, 0.15) is 25.3 Å². The van der Waals surface area contributed by atoms with E-state index in [1.165, 1.54) is 38.0 Å². The van der Waals surface area contributed by atoms with E-state index < -0.39 is 0 Å². The maximum absolute atomic E-state index is 5.48. The first-order valence-corrected chi connectivity index (χ1v) is 7.60. The Bertz CT molecular complexity index is 394. The number of nitrogens with zero attached hydrogens (tertiary/aromatic N) is 1. The minimum Gasteiger partial charge on any atom is -0.490 e. The Morgan fingerprint density at radius 1 is 1.30 bits per heavy atom. The van der Waals surface area contributed by atoms with Crippen molar-refractivity contribution >= 4 is 0 Å². The summed E-state index contributed by atoms with van der Waals surface area (Å²) >= 11 is 0. The molecule has 0 atom stereocenters. The summed E-state index contributed by atoms with van der Waals surface area (Å²) in [4.78, 5) is 2.52. The van der Waals surface area contributed by atoms with Gasteiger partial charge in [-0.05, 0) is 50.2 Å². The maximum Gasteiger partial charge on any atom is 0.119 e. The van der Waals surface area contributed by atoms with Crippen molar-refractivity contribution in [2.45, 2.75) is 32.4 Å². The molecule has 0 aromatic heterocycles. The highest BCUT2D eigenvalue weighted by molar-refractivity contribution is 5.27. The van der Waals surface area contributed by atoms with Crippen LogP contribution in [0.5, 0.6) is 5.75 Å². The van der Waals surface area contributed by atoms with Gasteiger partial charge in [0.2, 0.25) is 0 Å². The normalized spacial score (nSPS) is 17.1. The van der Waals surface area contributed by atoms with Crippen LogP contribution < -0.4 is 10.1 Å². The first-order valence-electron chi connectivity index (χ1n) is 7.60. The van der Waals surface area contributed by atoms with E-state index in [1.807, 2.05) is 12.1 Å². The second-order valence-electron chi connectivity index (χ2n) is 5.33. The molecule has 0 spiro atoms. The van der Waals surface area contributed by atoms with Gasteiger partial charge in [-0.2, -0.15) is 0 Å². The summed E-state index contributed by atoms with van der Waals surface area (Å²) in [6.07, 6.45) is 4.28. The van der Waals surface area contributed by atoms with Gasteiger partial charge in [0.1, 0.15) is 12.4 Å². The number of piperidine rings is 1. The van der Waals surface area contributed by atoms with E-state index in [0.717, 1.165) is 12.3 Å². The van der Waals surface area contributed by atoms with E-state index >= 15 is 0 Å². The van der Waals surface area contributed by atoms with Crippen LogP contribution >= 0.6 is 0 Å². The predicted octanol–water partition coefficient (Wildman–Crippen LogP) is 2.83. The molecule has 110 valence electrons. The molecule has 0 radical (unpaired) electrons. The molecule has 0 aliphatic carbocycles. The third-order valence-electron chi connectivity index (χ3n) is 3.92. The second kappa shape index (κ2) is 8.08. The van der Waals surface area contributed by atoms with Gasteiger partial charge in [-0.25, -0.2) is 0 Å². The molecule has 1 aliphatic rings. The van der Waals surface area contributed by atoms with Gasteiger partial charge < -0.3 is 15.0 Å². The minimum atomic E-state index is 0.563. The van der Waals surface area contributed by atoms with Crippen molar-refractivity contribution in [2.24, 2.45) is 0 Å². The molecule has 1 saturated heterocycles. The number of rotatable bonds is 7. The van der Waals surface area contributed by atoms with E-state index in [9.17, 15) is 0 Å². The zero-order chi connectivity index (χ0) is 14.2. The number of nitrogens with one attached hydrogen (secondary N) is 1. The monoisotopic (exact) mass is 274 g/mol. The molecular formula is C17H26N2O. The average Bonchev–Trinajstić information content (AvgIpc) is 2.52.